The number of furan rings is 1. The normalized spacial score (nSPS) is 10.8. The van der Waals surface area contributed by atoms with Crippen molar-refractivity contribution in [1.29, 1.82) is 0 Å². The number of nitrogens with zero attached hydrogens (tertiary/aromatic N) is 3. The molecular weight excluding hydrogens is 484 g/mol. The van der Waals surface area contributed by atoms with Crippen LogP contribution in [0.5, 0.6) is 5.75 Å². The van der Waals surface area contributed by atoms with E-state index in [0.29, 0.717) is 30.0 Å². The Labute approximate surface area is 219 Å². The van der Waals surface area contributed by atoms with Gasteiger partial charge in [0.25, 0.3) is 5.91 Å². The van der Waals surface area contributed by atoms with Crippen molar-refractivity contribution in [3.05, 3.63) is 126 Å². The van der Waals surface area contributed by atoms with E-state index in [1.54, 1.807) is 31.2 Å². The molecule has 0 unspecified atom stereocenters. The fourth-order valence-corrected chi connectivity index (χ4v) is 4.82. The number of ether oxygens (including phenoxy) is 1. The Morgan fingerprint density at radius 1 is 0.946 bits per heavy atom. The molecule has 186 valence electrons. The molecule has 0 aliphatic heterocycles. The number of thioether (sulfide) groups is 1. The Kier molecular flexibility index (Phi) is 7.66. The molecule has 0 spiro atoms. The molecule has 0 fully saturated rings. The van der Waals surface area contributed by atoms with Gasteiger partial charge in [0.15, 0.2) is 5.16 Å². The largest absolute Gasteiger partial charge is 0.497 e. The van der Waals surface area contributed by atoms with Gasteiger partial charge in [0.2, 0.25) is 0 Å². The van der Waals surface area contributed by atoms with Gasteiger partial charge in [0.1, 0.15) is 17.3 Å². The highest BCUT2D eigenvalue weighted by molar-refractivity contribution is 7.98. The van der Waals surface area contributed by atoms with Crippen molar-refractivity contribution < 1.29 is 13.9 Å². The summed E-state index contributed by atoms with van der Waals surface area (Å²) in [5, 5.41) is 12.7. The highest BCUT2D eigenvalue weighted by Gasteiger charge is 2.16. The van der Waals surface area contributed by atoms with Crippen LogP contribution < -0.4 is 10.1 Å². The molecule has 1 N–H and O–H groups in total. The first-order valence-electron chi connectivity index (χ1n) is 11.8. The number of methoxy groups -OCH3 is 1. The number of benzene rings is 3. The van der Waals surface area contributed by atoms with E-state index in [-0.39, 0.29) is 5.91 Å². The van der Waals surface area contributed by atoms with Crippen molar-refractivity contribution >= 4 is 17.7 Å². The van der Waals surface area contributed by atoms with Crippen LogP contribution in [0.3, 0.4) is 0 Å². The molecule has 2 heterocycles. The van der Waals surface area contributed by atoms with Gasteiger partial charge in [-0.05, 0) is 59.7 Å². The summed E-state index contributed by atoms with van der Waals surface area (Å²) in [6.45, 7) is 0.347. The monoisotopic (exact) mass is 510 g/mol. The highest BCUT2D eigenvalue weighted by atomic mass is 32.2. The third kappa shape index (κ3) is 6.10. The fraction of sp³-hybridized carbons (Fsp3) is 0.138. The lowest BCUT2D eigenvalue weighted by molar-refractivity contribution is 0.0948. The second-order valence-corrected chi connectivity index (χ2v) is 9.29. The van der Waals surface area contributed by atoms with Gasteiger partial charge in [0.05, 0.1) is 19.9 Å². The predicted octanol–water partition coefficient (Wildman–Crippen LogP) is 5.68. The van der Waals surface area contributed by atoms with Crippen LogP contribution in [0, 0.1) is 0 Å². The molecule has 0 saturated carbocycles. The molecule has 0 radical (unpaired) electrons. The van der Waals surface area contributed by atoms with E-state index in [2.05, 4.69) is 32.2 Å². The molecule has 7 nitrogen and oxygen atoms in total. The van der Waals surface area contributed by atoms with Gasteiger partial charge in [-0.15, -0.1) is 10.2 Å². The summed E-state index contributed by atoms with van der Waals surface area (Å²) >= 11 is 1.58. The average molecular weight is 511 g/mol. The maximum atomic E-state index is 12.6. The SMILES string of the molecule is COc1ccc(-n2c(Cc3ccccc3)nnc2SCc2cccc(C(=O)NCc3ccco3)c2)cc1. The molecule has 8 heteroatoms. The molecule has 0 saturated heterocycles. The summed E-state index contributed by atoms with van der Waals surface area (Å²) in [7, 11) is 1.65. The van der Waals surface area contributed by atoms with E-state index >= 15 is 0 Å². The van der Waals surface area contributed by atoms with Crippen molar-refractivity contribution in [2.75, 3.05) is 7.11 Å². The Bertz CT molecular complexity index is 1450. The van der Waals surface area contributed by atoms with E-state index < -0.39 is 0 Å². The Morgan fingerprint density at radius 2 is 1.76 bits per heavy atom. The molecule has 5 aromatic rings. The molecule has 3 aromatic carbocycles. The molecule has 1 amide bonds. The zero-order valence-corrected chi connectivity index (χ0v) is 21.2. The number of rotatable bonds is 10. The predicted molar refractivity (Wildman–Crippen MR) is 143 cm³/mol. The van der Waals surface area contributed by atoms with E-state index in [9.17, 15) is 4.79 Å². The van der Waals surface area contributed by atoms with Crippen LogP contribution in [0.25, 0.3) is 5.69 Å². The van der Waals surface area contributed by atoms with Crippen molar-refractivity contribution in [1.82, 2.24) is 20.1 Å². The van der Waals surface area contributed by atoms with Crippen molar-refractivity contribution in [3.8, 4) is 11.4 Å². The smallest absolute Gasteiger partial charge is 0.251 e. The summed E-state index contributed by atoms with van der Waals surface area (Å²) in [6, 6.07) is 29.3. The quantitative estimate of drug-likeness (QED) is 0.243. The molecular formula is C29H26N4O3S. The van der Waals surface area contributed by atoms with Gasteiger partial charge in [-0.3, -0.25) is 9.36 Å². The van der Waals surface area contributed by atoms with Gasteiger partial charge in [-0.1, -0.05) is 54.2 Å². The summed E-state index contributed by atoms with van der Waals surface area (Å²) < 4.78 is 12.7. The van der Waals surface area contributed by atoms with Gasteiger partial charge in [-0.25, -0.2) is 0 Å². The topological polar surface area (TPSA) is 82.2 Å². The van der Waals surface area contributed by atoms with Gasteiger partial charge < -0.3 is 14.5 Å². The van der Waals surface area contributed by atoms with E-state index in [0.717, 1.165) is 33.5 Å². The van der Waals surface area contributed by atoms with Gasteiger partial charge in [0, 0.05) is 23.4 Å². The van der Waals surface area contributed by atoms with Gasteiger partial charge >= 0.3 is 0 Å². The lowest BCUT2D eigenvalue weighted by atomic mass is 10.1. The summed E-state index contributed by atoms with van der Waals surface area (Å²) in [5.74, 6) is 2.85. The van der Waals surface area contributed by atoms with Crippen LogP contribution in [-0.2, 0) is 18.7 Å². The molecule has 0 bridgehead atoms. The van der Waals surface area contributed by atoms with Crippen LogP contribution >= 0.6 is 11.8 Å². The Balaban J connectivity index is 1.34. The first-order chi connectivity index (χ1) is 18.2. The van der Waals surface area contributed by atoms with Crippen molar-refractivity contribution in [2.45, 2.75) is 23.9 Å². The van der Waals surface area contributed by atoms with Crippen molar-refractivity contribution in [2.24, 2.45) is 0 Å². The number of hydrogen-bond donors (Lipinski definition) is 1. The fourth-order valence-electron chi connectivity index (χ4n) is 3.91. The van der Waals surface area contributed by atoms with E-state index in [1.807, 2.05) is 72.8 Å². The maximum Gasteiger partial charge on any atom is 0.251 e. The number of carbonyl (C=O) groups is 1. The second kappa shape index (κ2) is 11.6. The van der Waals surface area contributed by atoms with E-state index in [4.69, 9.17) is 9.15 Å². The van der Waals surface area contributed by atoms with Crippen LogP contribution in [-0.4, -0.2) is 27.8 Å². The molecule has 2 aromatic heterocycles. The maximum absolute atomic E-state index is 12.6. The van der Waals surface area contributed by atoms with Crippen LogP contribution in [0.4, 0.5) is 0 Å². The zero-order valence-electron chi connectivity index (χ0n) is 20.3. The minimum Gasteiger partial charge on any atom is -0.497 e. The Morgan fingerprint density at radius 3 is 2.51 bits per heavy atom. The standard InChI is InChI=1S/C29H26N4O3S/c1-35-25-14-12-24(13-15-25)33-27(18-21-7-3-2-4-8-21)31-32-29(33)37-20-22-9-5-10-23(17-22)28(34)30-19-26-11-6-16-36-26/h2-17H,18-20H2,1H3,(H,30,34). The third-order valence-electron chi connectivity index (χ3n) is 5.80. The first-order valence-corrected chi connectivity index (χ1v) is 12.8. The second-order valence-electron chi connectivity index (χ2n) is 8.35. The van der Waals surface area contributed by atoms with Crippen LogP contribution in [0.1, 0.15) is 33.1 Å². The third-order valence-corrected chi connectivity index (χ3v) is 6.80. The van der Waals surface area contributed by atoms with Crippen LogP contribution in [0.15, 0.2) is 107 Å². The minimum absolute atomic E-state index is 0.144. The highest BCUT2D eigenvalue weighted by Crippen LogP contribution is 2.27. The average Bonchev–Trinajstić information content (AvgIpc) is 3.61. The summed E-state index contributed by atoms with van der Waals surface area (Å²) in [5.41, 5.74) is 3.75. The number of hydrogen-bond acceptors (Lipinski definition) is 6. The molecule has 37 heavy (non-hydrogen) atoms. The molecule has 5 rings (SSSR count). The lowest BCUT2D eigenvalue weighted by Gasteiger charge is -2.11. The molecule has 0 atom stereocenters. The first kappa shape index (κ1) is 24.4. The molecule has 0 aliphatic carbocycles. The Hall–Kier alpha value is -4.30. The number of aromatic nitrogens is 3. The number of carbonyl (C=O) groups excluding carboxylic acids is 1. The minimum atomic E-state index is -0.144. The zero-order chi connectivity index (χ0) is 25.5. The number of nitrogens with one attached hydrogen (secondary N) is 1. The lowest BCUT2D eigenvalue weighted by Crippen LogP contribution is -2.22. The van der Waals surface area contributed by atoms with E-state index in [1.165, 1.54) is 0 Å². The van der Waals surface area contributed by atoms with Gasteiger partial charge in [-0.2, -0.15) is 0 Å². The van der Waals surface area contributed by atoms with Crippen LogP contribution in [0.2, 0.25) is 0 Å². The molecule has 0 aliphatic rings. The number of amides is 1. The summed E-state index contributed by atoms with van der Waals surface area (Å²) in [4.78, 5) is 12.6. The van der Waals surface area contributed by atoms with Crippen molar-refractivity contribution in [3.63, 3.8) is 0 Å². The summed E-state index contributed by atoms with van der Waals surface area (Å²) in [6.07, 6.45) is 2.25.